The maximum atomic E-state index is 11.5. The maximum absolute atomic E-state index is 11.5. The quantitative estimate of drug-likeness (QED) is 0.724. The molecule has 0 radical (unpaired) electrons. The van der Waals surface area contributed by atoms with E-state index in [1.807, 2.05) is 12.4 Å². The van der Waals surface area contributed by atoms with E-state index in [1.165, 1.54) is 11.1 Å². The third-order valence-electron chi connectivity index (χ3n) is 4.74. The van der Waals surface area contributed by atoms with Gasteiger partial charge in [-0.1, -0.05) is 24.3 Å². The lowest BCUT2D eigenvalue weighted by Crippen LogP contribution is -2.39. The second-order valence-electron chi connectivity index (χ2n) is 6.70. The van der Waals surface area contributed by atoms with E-state index in [2.05, 4.69) is 57.6 Å². The fraction of sp³-hybridized carbons (Fsp3) is 0.316. The van der Waals surface area contributed by atoms with Crippen LogP contribution in [0.3, 0.4) is 0 Å². The maximum Gasteiger partial charge on any atom is 0.152 e. The van der Waals surface area contributed by atoms with Crippen molar-refractivity contribution in [1.29, 1.82) is 0 Å². The molecule has 6 heteroatoms. The third-order valence-corrected chi connectivity index (χ3v) is 6.35. The number of benzene rings is 1. The van der Waals surface area contributed by atoms with Crippen LogP contribution in [0.15, 0.2) is 48.8 Å². The molecular weight excluding hydrogens is 334 g/mol. The minimum atomic E-state index is -2.82. The zero-order chi connectivity index (χ0) is 17.4. The number of nitrogens with zero attached hydrogens (tertiary/aromatic N) is 3. The molecule has 0 unspecified atom stereocenters. The molecule has 0 spiro atoms. The lowest BCUT2D eigenvalue weighted by atomic mass is 10.1. The predicted molar refractivity (Wildman–Crippen MR) is 99.3 cm³/mol. The summed E-state index contributed by atoms with van der Waals surface area (Å²) >= 11 is 0. The van der Waals surface area contributed by atoms with Crippen molar-refractivity contribution >= 4 is 15.5 Å². The van der Waals surface area contributed by atoms with Crippen molar-refractivity contribution < 1.29 is 8.42 Å². The highest BCUT2D eigenvalue weighted by Crippen LogP contribution is 2.23. The first-order valence-electron chi connectivity index (χ1n) is 8.46. The normalized spacial score (nSPS) is 17.8. The van der Waals surface area contributed by atoms with Gasteiger partial charge in [0, 0.05) is 32.0 Å². The topological polar surface area (TPSA) is 54.7 Å². The second-order valence-corrected chi connectivity index (χ2v) is 9.00. The van der Waals surface area contributed by atoms with Gasteiger partial charge in [-0.05, 0) is 35.7 Å². The fourth-order valence-electron chi connectivity index (χ4n) is 3.33. The van der Waals surface area contributed by atoms with Gasteiger partial charge in [0.05, 0.1) is 17.2 Å². The van der Waals surface area contributed by atoms with Gasteiger partial charge in [-0.25, -0.2) is 13.4 Å². The van der Waals surface area contributed by atoms with Gasteiger partial charge >= 0.3 is 0 Å². The number of rotatable bonds is 3. The molecule has 0 saturated carbocycles. The number of imidazole rings is 1. The largest absolute Gasteiger partial charge is 0.300 e. The lowest BCUT2D eigenvalue weighted by Gasteiger charge is -2.26. The minimum Gasteiger partial charge on any atom is -0.300 e. The molecule has 1 saturated heterocycles. The summed E-state index contributed by atoms with van der Waals surface area (Å²) in [5.41, 5.74) is 5.62. The molecule has 130 valence electrons. The van der Waals surface area contributed by atoms with Gasteiger partial charge in [0.25, 0.3) is 0 Å². The van der Waals surface area contributed by atoms with E-state index < -0.39 is 9.84 Å². The van der Waals surface area contributed by atoms with E-state index in [4.69, 9.17) is 0 Å². The number of hydrogen-bond donors (Lipinski definition) is 0. The monoisotopic (exact) mass is 355 g/mol. The van der Waals surface area contributed by atoms with Gasteiger partial charge in [-0.2, -0.15) is 0 Å². The molecule has 0 atom stereocenters. The van der Waals surface area contributed by atoms with E-state index in [-0.39, 0.29) is 11.5 Å². The van der Waals surface area contributed by atoms with Gasteiger partial charge in [0.2, 0.25) is 0 Å². The Morgan fingerprint density at radius 3 is 2.52 bits per heavy atom. The Balaban J connectivity index is 1.55. The van der Waals surface area contributed by atoms with Crippen LogP contribution in [0.25, 0.3) is 16.9 Å². The average molecular weight is 355 g/mol. The number of fused-ring (bicyclic) bond motifs is 1. The molecule has 1 aliphatic rings. The van der Waals surface area contributed by atoms with Crippen LogP contribution in [0, 0.1) is 6.92 Å². The summed E-state index contributed by atoms with van der Waals surface area (Å²) in [6.07, 6.45) is 3.79. The summed E-state index contributed by atoms with van der Waals surface area (Å²) in [4.78, 5) is 6.58. The number of aromatic nitrogens is 2. The Hall–Kier alpha value is -2.18. The van der Waals surface area contributed by atoms with Gasteiger partial charge in [-0.3, -0.25) is 9.30 Å². The van der Waals surface area contributed by atoms with Gasteiger partial charge in [0.1, 0.15) is 5.65 Å². The first kappa shape index (κ1) is 16.3. The molecule has 1 aromatic carbocycles. The molecule has 4 rings (SSSR count). The molecule has 0 aliphatic carbocycles. The van der Waals surface area contributed by atoms with Crippen molar-refractivity contribution in [1.82, 2.24) is 14.3 Å². The molecular formula is C19H21N3O2S. The van der Waals surface area contributed by atoms with E-state index in [1.54, 1.807) is 0 Å². The van der Waals surface area contributed by atoms with Crippen LogP contribution in [0.2, 0.25) is 0 Å². The van der Waals surface area contributed by atoms with Crippen LogP contribution in [0.1, 0.15) is 11.1 Å². The molecule has 1 fully saturated rings. The molecule has 0 bridgehead atoms. The molecule has 1 aliphatic heterocycles. The zero-order valence-corrected chi connectivity index (χ0v) is 15.0. The Labute approximate surface area is 147 Å². The van der Waals surface area contributed by atoms with Crippen molar-refractivity contribution in [2.75, 3.05) is 24.6 Å². The number of aryl methyl sites for hydroxylation is 1. The highest BCUT2D eigenvalue weighted by Gasteiger charge is 2.21. The van der Waals surface area contributed by atoms with Gasteiger partial charge < -0.3 is 0 Å². The van der Waals surface area contributed by atoms with E-state index in [9.17, 15) is 8.42 Å². The van der Waals surface area contributed by atoms with Crippen LogP contribution in [-0.4, -0.2) is 47.3 Å². The number of sulfone groups is 1. The van der Waals surface area contributed by atoms with Crippen LogP contribution < -0.4 is 0 Å². The van der Waals surface area contributed by atoms with Crippen LogP contribution >= 0.6 is 0 Å². The lowest BCUT2D eigenvalue weighted by molar-refractivity contribution is 0.287. The van der Waals surface area contributed by atoms with Crippen molar-refractivity contribution in [3.8, 4) is 11.3 Å². The summed E-state index contributed by atoms with van der Waals surface area (Å²) in [5, 5.41) is 0. The van der Waals surface area contributed by atoms with E-state index in [0.29, 0.717) is 13.1 Å². The standard InChI is InChI=1S/C19H21N3O2S/c1-15-12-18(22-7-6-20-19(22)13-15)17-4-2-16(3-5-17)14-21-8-10-25(23,24)11-9-21/h2-7,12-13H,8-11,14H2,1H3. The molecule has 0 amide bonds. The first-order valence-corrected chi connectivity index (χ1v) is 10.3. The molecule has 5 nitrogen and oxygen atoms in total. The summed E-state index contributed by atoms with van der Waals surface area (Å²) < 4.78 is 25.2. The van der Waals surface area contributed by atoms with Crippen LogP contribution in [0.5, 0.6) is 0 Å². The van der Waals surface area contributed by atoms with Crippen molar-refractivity contribution in [2.24, 2.45) is 0 Å². The molecule has 3 heterocycles. The minimum absolute atomic E-state index is 0.271. The Kier molecular flexibility index (Phi) is 4.09. The van der Waals surface area contributed by atoms with Crippen molar-refractivity contribution in [2.45, 2.75) is 13.5 Å². The summed E-state index contributed by atoms with van der Waals surface area (Å²) in [5.74, 6) is 0.542. The Bertz CT molecular complexity index is 993. The second kappa shape index (κ2) is 6.28. The summed E-state index contributed by atoms with van der Waals surface area (Å²) in [6.45, 7) is 4.12. The van der Waals surface area contributed by atoms with Crippen LogP contribution in [0.4, 0.5) is 0 Å². The predicted octanol–water partition coefficient (Wildman–Crippen LogP) is 2.54. The molecule has 3 aromatic rings. The van der Waals surface area contributed by atoms with E-state index >= 15 is 0 Å². The fourth-order valence-corrected chi connectivity index (χ4v) is 4.60. The SMILES string of the molecule is Cc1cc(-c2ccc(CN3CCS(=O)(=O)CC3)cc2)n2ccnc2c1. The van der Waals surface area contributed by atoms with Crippen molar-refractivity contribution in [3.05, 3.63) is 59.9 Å². The number of hydrogen-bond acceptors (Lipinski definition) is 4. The number of pyridine rings is 1. The molecule has 0 N–H and O–H groups in total. The Morgan fingerprint density at radius 1 is 1.08 bits per heavy atom. The van der Waals surface area contributed by atoms with Gasteiger partial charge in [-0.15, -0.1) is 0 Å². The highest BCUT2D eigenvalue weighted by atomic mass is 32.2. The zero-order valence-electron chi connectivity index (χ0n) is 14.2. The highest BCUT2D eigenvalue weighted by molar-refractivity contribution is 7.91. The smallest absolute Gasteiger partial charge is 0.152 e. The molecule has 2 aromatic heterocycles. The first-order chi connectivity index (χ1) is 12.0. The average Bonchev–Trinajstić information content (AvgIpc) is 3.05. The van der Waals surface area contributed by atoms with Gasteiger partial charge in [0.15, 0.2) is 9.84 Å². The van der Waals surface area contributed by atoms with Crippen molar-refractivity contribution in [3.63, 3.8) is 0 Å². The van der Waals surface area contributed by atoms with Crippen LogP contribution in [-0.2, 0) is 16.4 Å². The van der Waals surface area contributed by atoms with E-state index in [0.717, 1.165) is 23.4 Å². The molecule has 25 heavy (non-hydrogen) atoms. The summed E-state index contributed by atoms with van der Waals surface area (Å²) in [6, 6.07) is 12.8. The third kappa shape index (κ3) is 3.45. The summed E-state index contributed by atoms with van der Waals surface area (Å²) in [7, 11) is -2.82. The Morgan fingerprint density at radius 2 is 1.80 bits per heavy atom.